The fourth-order valence-corrected chi connectivity index (χ4v) is 3.26. The summed E-state index contributed by atoms with van der Waals surface area (Å²) in [6.45, 7) is 0.321. The summed E-state index contributed by atoms with van der Waals surface area (Å²) in [7, 11) is -2.76. The third-order valence-corrected chi connectivity index (χ3v) is 5.14. The van der Waals surface area contributed by atoms with Crippen molar-refractivity contribution in [3.63, 3.8) is 0 Å². The average Bonchev–Trinajstić information content (AvgIpc) is 2.92. The first-order valence-electron chi connectivity index (χ1n) is 6.73. The summed E-state index contributed by atoms with van der Waals surface area (Å²) in [5.74, 6) is 0. The smallest absolute Gasteiger partial charge is 0.309 e. The van der Waals surface area contributed by atoms with Gasteiger partial charge in [-0.1, -0.05) is 23.4 Å². The van der Waals surface area contributed by atoms with Crippen LogP contribution in [0, 0.1) is 0 Å². The molecule has 126 valence electrons. The minimum absolute atomic E-state index is 0.158. The molecule has 0 aliphatic heterocycles. The molecule has 0 bridgehead atoms. The molecule has 1 N–H and O–H groups in total. The maximum absolute atomic E-state index is 13.2. The molecule has 0 amide bonds. The molecule has 0 aliphatic rings. The van der Waals surface area contributed by atoms with Crippen molar-refractivity contribution in [2.45, 2.75) is 16.9 Å². The van der Waals surface area contributed by atoms with Crippen molar-refractivity contribution < 1.29 is 17.4 Å². The minimum atomic E-state index is -4.92. The van der Waals surface area contributed by atoms with Crippen LogP contribution in [0.2, 0.25) is 0 Å². The zero-order valence-electron chi connectivity index (χ0n) is 12.3. The number of benzene rings is 1. The van der Waals surface area contributed by atoms with Crippen molar-refractivity contribution in [1.82, 2.24) is 20.3 Å². The van der Waals surface area contributed by atoms with E-state index in [1.807, 2.05) is 0 Å². The topological polar surface area (TPSA) is 72.2 Å². The largest absolute Gasteiger partial charge is 0.483 e. The first-order valence-corrected chi connectivity index (χ1v) is 8.24. The molecule has 1 unspecified atom stereocenters. The molecule has 10 heteroatoms. The maximum atomic E-state index is 13.2. The van der Waals surface area contributed by atoms with Crippen LogP contribution in [0.5, 0.6) is 0 Å². The van der Waals surface area contributed by atoms with Crippen LogP contribution in [0.1, 0.15) is 5.69 Å². The van der Waals surface area contributed by atoms with Gasteiger partial charge in [0.2, 0.25) is 0 Å². The van der Waals surface area contributed by atoms with Gasteiger partial charge in [-0.05, 0) is 12.1 Å². The number of rotatable bonds is 6. The Morgan fingerprint density at radius 3 is 2.57 bits per heavy atom. The predicted octanol–water partition coefficient (Wildman–Crippen LogP) is 1.95. The lowest BCUT2D eigenvalue weighted by molar-refractivity contribution is -0.0403. The Bertz CT molecular complexity index is 750. The average molecular weight is 347 g/mol. The first kappa shape index (κ1) is 17.4. The van der Waals surface area contributed by atoms with Gasteiger partial charge >= 0.3 is 5.51 Å². The molecule has 0 spiro atoms. The van der Waals surface area contributed by atoms with Gasteiger partial charge < -0.3 is 5.32 Å². The van der Waals surface area contributed by atoms with E-state index in [-0.39, 0.29) is 18.0 Å². The van der Waals surface area contributed by atoms with E-state index in [4.69, 9.17) is 0 Å². The molecule has 0 saturated carbocycles. The molecule has 1 atom stereocenters. The SMILES string of the molecule is Cn1nncc1CNCCN=S(=O)(c1ccccc1)C(F)(F)F. The zero-order chi connectivity index (χ0) is 16.9. The summed E-state index contributed by atoms with van der Waals surface area (Å²) in [6.07, 6.45) is 1.55. The standard InChI is InChI=1S/C13H16F3N5OS/c1-21-11(10-18-20-21)9-17-7-8-19-23(22,13(14,15)16)12-5-3-2-4-6-12/h2-6,10,17H,7-9H2,1H3. The number of aromatic nitrogens is 3. The second-order valence-corrected chi connectivity index (χ2v) is 6.91. The molecule has 0 radical (unpaired) electrons. The number of hydrogen-bond donors (Lipinski definition) is 1. The lowest BCUT2D eigenvalue weighted by atomic mass is 10.4. The van der Waals surface area contributed by atoms with Crippen LogP contribution >= 0.6 is 0 Å². The van der Waals surface area contributed by atoms with E-state index in [1.54, 1.807) is 24.0 Å². The maximum Gasteiger partial charge on any atom is 0.483 e. The third kappa shape index (κ3) is 4.08. The lowest BCUT2D eigenvalue weighted by Crippen LogP contribution is -2.25. The summed E-state index contributed by atoms with van der Waals surface area (Å²) in [6, 6.07) is 6.72. The van der Waals surface area contributed by atoms with Gasteiger partial charge in [-0.2, -0.15) is 13.2 Å². The summed E-state index contributed by atoms with van der Waals surface area (Å²) in [5, 5.41) is 10.3. The molecule has 23 heavy (non-hydrogen) atoms. The van der Waals surface area contributed by atoms with Crippen molar-refractivity contribution in [3.8, 4) is 0 Å². The molecule has 0 fully saturated rings. The Balaban J connectivity index is 2.05. The Morgan fingerprint density at radius 2 is 2.00 bits per heavy atom. The Hall–Kier alpha value is -1.94. The van der Waals surface area contributed by atoms with Crippen molar-refractivity contribution in [2.75, 3.05) is 13.1 Å². The second-order valence-electron chi connectivity index (χ2n) is 4.66. The minimum Gasteiger partial charge on any atom is -0.309 e. The van der Waals surface area contributed by atoms with E-state index in [0.717, 1.165) is 5.69 Å². The molecular formula is C13H16F3N5OS. The van der Waals surface area contributed by atoms with Crippen molar-refractivity contribution >= 4 is 9.73 Å². The van der Waals surface area contributed by atoms with Gasteiger partial charge in [0, 0.05) is 20.1 Å². The number of nitrogens with one attached hydrogen (secondary N) is 1. The highest BCUT2D eigenvalue weighted by Gasteiger charge is 2.44. The highest BCUT2D eigenvalue weighted by molar-refractivity contribution is 7.94. The number of aryl methyl sites for hydroxylation is 1. The molecular weight excluding hydrogens is 331 g/mol. The number of halogens is 3. The molecule has 2 aromatic rings. The van der Waals surface area contributed by atoms with Crippen LogP contribution in [0.4, 0.5) is 13.2 Å². The second kappa shape index (κ2) is 7.09. The van der Waals surface area contributed by atoms with E-state index in [2.05, 4.69) is 20.0 Å². The van der Waals surface area contributed by atoms with Crippen LogP contribution < -0.4 is 5.32 Å². The van der Waals surface area contributed by atoms with E-state index >= 15 is 0 Å². The third-order valence-electron chi connectivity index (χ3n) is 3.05. The van der Waals surface area contributed by atoms with Crippen molar-refractivity contribution in [1.29, 1.82) is 0 Å². The Kier molecular flexibility index (Phi) is 5.37. The van der Waals surface area contributed by atoms with Gasteiger partial charge in [0.15, 0.2) is 9.73 Å². The van der Waals surface area contributed by atoms with E-state index < -0.39 is 15.2 Å². The molecule has 1 heterocycles. The highest BCUT2D eigenvalue weighted by atomic mass is 32.2. The van der Waals surface area contributed by atoms with Crippen molar-refractivity contribution in [3.05, 3.63) is 42.2 Å². The summed E-state index contributed by atoms with van der Waals surface area (Å²) >= 11 is 0. The summed E-state index contributed by atoms with van der Waals surface area (Å²) in [5.41, 5.74) is -4.13. The number of nitrogens with zero attached hydrogens (tertiary/aromatic N) is 4. The fraction of sp³-hybridized carbons (Fsp3) is 0.385. The normalized spacial score (nSPS) is 14.4. The predicted molar refractivity (Wildman–Crippen MR) is 78.9 cm³/mol. The molecule has 0 saturated heterocycles. The van der Waals surface area contributed by atoms with Crippen LogP contribution in [-0.2, 0) is 23.3 Å². The fourth-order valence-electron chi connectivity index (χ4n) is 1.83. The van der Waals surface area contributed by atoms with E-state index in [0.29, 0.717) is 6.54 Å². The number of alkyl halides is 3. The first-order chi connectivity index (χ1) is 10.8. The summed E-state index contributed by atoms with van der Waals surface area (Å²) < 4.78 is 56.8. The monoisotopic (exact) mass is 347 g/mol. The molecule has 1 aromatic carbocycles. The van der Waals surface area contributed by atoms with Crippen molar-refractivity contribution in [2.24, 2.45) is 11.4 Å². The van der Waals surface area contributed by atoms with Crippen LogP contribution in [0.3, 0.4) is 0 Å². The van der Waals surface area contributed by atoms with Gasteiger partial charge in [0.05, 0.1) is 23.3 Å². The van der Waals surface area contributed by atoms with Gasteiger partial charge in [0.25, 0.3) is 0 Å². The molecule has 2 rings (SSSR count). The van der Waals surface area contributed by atoms with Gasteiger partial charge in [-0.3, -0.25) is 4.68 Å². The van der Waals surface area contributed by atoms with E-state index in [1.165, 1.54) is 24.3 Å². The molecule has 1 aromatic heterocycles. The zero-order valence-corrected chi connectivity index (χ0v) is 13.1. The Morgan fingerprint density at radius 1 is 1.30 bits per heavy atom. The molecule has 0 aliphatic carbocycles. The van der Waals surface area contributed by atoms with Gasteiger partial charge in [-0.15, -0.1) is 5.10 Å². The molecule has 6 nitrogen and oxygen atoms in total. The van der Waals surface area contributed by atoms with Gasteiger partial charge in [0.1, 0.15) is 0 Å². The quantitative estimate of drug-likeness (QED) is 0.811. The Labute approximate surface area is 131 Å². The lowest BCUT2D eigenvalue weighted by Gasteiger charge is -2.14. The summed E-state index contributed by atoms with van der Waals surface area (Å²) in [4.78, 5) is -0.330. The van der Waals surface area contributed by atoms with Crippen LogP contribution in [-0.4, -0.2) is 37.8 Å². The highest BCUT2D eigenvalue weighted by Crippen LogP contribution is 2.32. The van der Waals surface area contributed by atoms with Gasteiger partial charge in [-0.25, -0.2) is 8.57 Å². The van der Waals surface area contributed by atoms with E-state index in [9.17, 15) is 17.4 Å². The number of hydrogen-bond acceptors (Lipinski definition) is 5. The van der Waals surface area contributed by atoms with Crippen LogP contribution in [0.15, 0.2) is 45.8 Å². The van der Waals surface area contributed by atoms with Crippen LogP contribution in [0.25, 0.3) is 0 Å².